The van der Waals surface area contributed by atoms with Crippen LogP contribution in [-0.4, -0.2) is 41.0 Å². The number of benzene rings is 1. The lowest BCUT2D eigenvalue weighted by molar-refractivity contribution is -0.134. The summed E-state index contributed by atoms with van der Waals surface area (Å²) in [5, 5.41) is 19.4. The van der Waals surface area contributed by atoms with Crippen LogP contribution in [0.15, 0.2) is 36.4 Å². The van der Waals surface area contributed by atoms with E-state index in [1.54, 1.807) is 24.3 Å². The van der Waals surface area contributed by atoms with Crippen molar-refractivity contribution in [2.45, 2.75) is 63.6 Å². The number of aliphatic hydroxyl groups is 2. The first-order valence-corrected chi connectivity index (χ1v) is 11.3. The van der Waals surface area contributed by atoms with Crippen molar-refractivity contribution in [1.82, 2.24) is 0 Å². The van der Waals surface area contributed by atoms with Crippen molar-refractivity contribution >= 4 is 11.9 Å². The van der Waals surface area contributed by atoms with Gasteiger partial charge >= 0.3 is 11.9 Å². The number of allylic oxidation sites excluding steroid dienone is 2. The fourth-order valence-corrected chi connectivity index (χ4v) is 3.72. The molecule has 0 unspecified atom stereocenters. The maximum Gasteiger partial charge on any atom is 0.338 e. The monoisotopic (exact) mass is 452 g/mol. The van der Waals surface area contributed by atoms with E-state index in [0.29, 0.717) is 43.4 Å². The van der Waals surface area contributed by atoms with E-state index in [9.17, 15) is 19.8 Å². The van der Waals surface area contributed by atoms with Crippen molar-refractivity contribution in [1.29, 1.82) is 0 Å². The summed E-state index contributed by atoms with van der Waals surface area (Å²) in [5.74, 6) is 4.61. The van der Waals surface area contributed by atoms with Crippen molar-refractivity contribution in [2.24, 2.45) is 11.8 Å². The Balaban J connectivity index is 1.66. The number of hydrogen-bond donors (Lipinski definition) is 2. The molecule has 1 fully saturated rings. The van der Waals surface area contributed by atoms with Gasteiger partial charge in [-0.25, -0.2) is 4.79 Å². The molecule has 0 bridgehead atoms. The first-order chi connectivity index (χ1) is 15.9. The molecular formula is C27H32O6. The largest absolute Gasteiger partial charge is 0.462 e. The van der Waals surface area contributed by atoms with Crippen LogP contribution >= 0.6 is 0 Å². The molecule has 0 heterocycles. The zero-order valence-electron chi connectivity index (χ0n) is 18.8. The van der Waals surface area contributed by atoms with E-state index in [1.165, 1.54) is 0 Å². The van der Waals surface area contributed by atoms with Gasteiger partial charge in [0, 0.05) is 25.2 Å². The Bertz CT molecular complexity index is 857. The van der Waals surface area contributed by atoms with Crippen LogP contribution in [0, 0.1) is 36.5 Å². The highest BCUT2D eigenvalue weighted by Crippen LogP contribution is 2.29. The summed E-state index contributed by atoms with van der Waals surface area (Å²) in [6.45, 7) is 0.154. The summed E-state index contributed by atoms with van der Waals surface area (Å²) in [7, 11) is 0. The van der Waals surface area contributed by atoms with Crippen LogP contribution in [0.2, 0.25) is 0 Å². The van der Waals surface area contributed by atoms with Crippen molar-refractivity contribution in [3.63, 3.8) is 0 Å². The zero-order valence-corrected chi connectivity index (χ0v) is 18.8. The normalized spacial score (nSPS) is 19.8. The molecular weight excluding hydrogens is 420 g/mol. The van der Waals surface area contributed by atoms with E-state index in [4.69, 9.17) is 22.3 Å². The van der Waals surface area contributed by atoms with Crippen molar-refractivity contribution < 1.29 is 29.3 Å². The average Bonchev–Trinajstić information content (AvgIpc) is 3.11. The van der Waals surface area contributed by atoms with Crippen molar-refractivity contribution in [3.05, 3.63) is 42.0 Å². The van der Waals surface area contributed by atoms with E-state index in [-0.39, 0.29) is 30.8 Å². The third-order valence-corrected chi connectivity index (χ3v) is 5.57. The molecule has 1 aliphatic rings. The number of carbonyl (C=O) groups is 2. The van der Waals surface area contributed by atoms with Crippen LogP contribution in [0.5, 0.6) is 5.75 Å². The highest BCUT2D eigenvalue weighted by molar-refractivity contribution is 5.89. The molecule has 6 heteroatoms. The Morgan fingerprint density at radius 3 is 2.39 bits per heavy atom. The summed E-state index contributed by atoms with van der Waals surface area (Å²) in [6.07, 6.45) is 18.1. The Labute approximate surface area is 196 Å². The number of unbranched alkanes of at least 4 members (excludes halogenated alkanes) is 1. The molecule has 3 atom stereocenters. The van der Waals surface area contributed by atoms with Gasteiger partial charge < -0.3 is 19.7 Å². The van der Waals surface area contributed by atoms with Gasteiger partial charge in [0.15, 0.2) is 0 Å². The number of ether oxygens (including phenoxy) is 2. The molecule has 0 radical (unpaired) electrons. The first kappa shape index (κ1) is 26.2. The molecule has 0 spiro atoms. The Hall–Kier alpha value is -3.06. The summed E-state index contributed by atoms with van der Waals surface area (Å²) in [4.78, 5) is 24.2. The van der Waals surface area contributed by atoms with Gasteiger partial charge in [-0.05, 0) is 62.3 Å². The molecule has 33 heavy (non-hydrogen) atoms. The van der Waals surface area contributed by atoms with E-state index >= 15 is 0 Å². The van der Waals surface area contributed by atoms with Crippen molar-refractivity contribution in [2.75, 3.05) is 6.61 Å². The minimum absolute atomic E-state index is 0.0683. The molecule has 176 valence electrons. The van der Waals surface area contributed by atoms with Gasteiger partial charge in [-0.15, -0.1) is 24.7 Å². The van der Waals surface area contributed by atoms with E-state index in [2.05, 4.69) is 11.8 Å². The lowest BCUT2D eigenvalue weighted by Crippen LogP contribution is -2.14. The van der Waals surface area contributed by atoms with Crippen molar-refractivity contribution in [3.8, 4) is 30.4 Å². The molecule has 0 aromatic heterocycles. The van der Waals surface area contributed by atoms with Crippen LogP contribution in [0.3, 0.4) is 0 Å². The number of terminal acetylenes is 2. The van der Waals surface area contributed by atoms with Gasteiger partial charge in [-0.1, -0.05) is 12.2 Å². The third kappa shape index (κ3) is 9.53. The second kappa shape index (κ2) is 14.2. The Morgan fingerprint density at radius 2 is 1.79 bits per heavy atom. The fourth-order valence-electron chi connectivity index (χ4n) is 3.72. The molecule has 0 amide bonds. The molecule has 1 aromatic carbocycles. The number of hydrogen-bond acceptors (Lipinski definition) is 6. The lowest BCUT2D eigenvalue weighted by atomic mass is 10.0. The highest BCUT2D eigenvalue weighted by atomic mass is 16.5. The molecule has 0 aliphatic heterocycles. The maximum absolute atomic E-state index is 12.2. The molecule has 1 aromatic rings. The minimum atomic E-state index is -0.488. The minimum Gasteiger partial charge on any atom is -0.462 e. The Morgan fingerprint density at radius 1 is 1.09 bits per heavy atom. The van der Waals surface area contributed by atoms with Gasteiger partial charge in [-0.2, -0.15) is 0 Å². The second-order valence-corrected chi connectivity index (χ2v) is 8.33. The molecule has 2 N–H and O–H groups in total. The van der Waals surface area contributed by atoms with Crippen LogP contribution in [0.25, 0.3) is 0 Å². The van der Waals surface area contributed by atoms with Crippen LogP contribution in [-0.2, 0) is 9.53 Å². The third-order valence-electron chi connectivity index (χ3n) is 5.57. The van der Waals surface area contributed by atoms with Gasteiger partial charge in [0.2, 0.25) is 0 Å². The number of esters is 2. The number of rotatable bonds is 12. The Kier molecular flexibility index (Phi) is 11.2. The summed E-state index contributed by atoms with van der Waals surface area (Å²) < 4.78 is 10.6. The van der Waals surface area contributed by atoms with Gasteiger partial charge in [0.05, 0.1) is 24.4 Å². The smallest absolute Gasteiger partial charge is 0.338 e. The second-order valence-electron chi connectivity index (χ2n) is 8.33. The SMILES string of the molecule is C#CCC(CC#C)COC(=O)c1ccc(OC(=O)CCC/C=C\C[C@@H]2C[C@H](O)C[C@@H]2O)cc1. The fraction of sp³-hybridized carbons (Fsp3) is 0.481. The summed E-state index contributed by atoms with van der Waals surface area (Å²) >= 11 is 0. The average molecular weight is 453 g/mol. The van der Waals surface area contributed by atoms with E-state index in [1.807, 2.05) is 12.2 Å². The topological polar surface area (TPSA) is 93.1 Å². The number of carbonyl (C=O) groups excluding carboxylic acids is 2. The molecule has 1 aliphatic carbocycles. The predicted octanol–water partition coefficient (Wildman–Crippen LogP) is 3.66. The molecule has 2 rings (SSSR count). The van der Waals surface area contributed by atoms with Crippen LogP contribution < -0.4 is 4.74 Å². The van der Waals surface area contributed by atoms with Crippen LogP contribution in [0.4, 0.5) is 0 Å². The molecule has 1 saturated carbocycles. The molecule has 6 nitrogen and oxygen atoms in total. The van der Waals surface area contributed by atoms with Gasteiger partial charge in [-0.3, -0.25) is 4.79 Å². The quantitative estimate of drug-likeness (QED) is 0.165. The van der Waals surface area contributed by atoms with E-state index < -0.39 is 18.2 Å². The standard InChI is InChI=1S/C27H32O6/c1-3-9-20(10-4-2)19-32-27(31)21-13-15-24(16-14-21)33-26(30)12-8-6-5-7-11-22-17-23(28)18-25(22)29/h1-2,5,7,13-16,20,22-23,25,28-29H,6,8-12,17-19H2/b7-5-/t22-,23+,25+/m1/s1. The molecule has 0 saturated heterocycles. The first-order valence-electron chi connectivity index (χ1n) is 11.3. The van der Waals surface area contributed by atoms with E-state index in [0.717, 1.165) is 12.8 Å². The van der Waals surface area contributed by atoms with Gasteiger partial charge in [0.1, 0.15) is 5.75 Å². The highest BCUT2D eigenvalue weighted by Gasteiger charge is 2.30. The number of aliphatic hydroxyl groups excluding tert-OH is 2. The van der Waals surface area contributed by atoms with Crippen LogP contribution in [0.1, 0.15) is 61.7 Å². The summed E-state index contributed by atoms with van der Waals surface area (Å²) in [5.41, 5.74) is 0.347. The summed E-state index contributed by atoms with van der Waals surface area (Å²) in [6, 6.07) is 6.19. The van der Waals surface area contributed by atoms with Gasteiger partial charge in [0.25, 0.3) is 0 Å². The zero-order chi connectivity index (χ0) is 24.1. The lowest BCUT2D eigenvalue weighted by Gasteiger charge is -2.12. The maximum atomic E-state index is 12.2. The predicted molar refractivity (Wildman–Crippen MR) is 125 cm³/mol.